The minimum Gasteiger partial charge on any atom is -0.481 e. The zero-order valence-electron chi connectivity index (χ0n) is 11.9. The molecule has 114 valence electrons. The molecule has 0 bridgehead atoms. The van der Waals surface area contributed by atoms with Gasteiger partial charge in [-0.15, -0.1) is 0 Å². The van der Waals surface area contributed by atoms with E-state index in [0.29, 0.717) is 5.69 Å². The molecular formula is C13H14F3N3O2. The van der Waals surface area contributed by atoms with Gasteiger partial charge in [-0.3, -0.25) is 4.68 Å². The Morgan fingerprint density at radius 1 is 1.14 bits per heavy atom. The van der Waals surface area contributed by atoms with E-state index in [1.54, 1.807) is 6.92 Å². The van der Waals surface area contributed by atoms with Crippen molar-refractivity contribution in [3.63, 3.8) is 0 Å². The van der Waals surface area contributed by atoms with Crippen LogP contribution in [-0.2, 0) is 13.2 Å². The molecule has 21 heavy (non-hydrogen) atoms. The maximum Gasteiger partial charge on any atom is 0.435 e. The Kier molecular flexibility index (Phi) is 3.80. The van der Waals surface area contributed by atoms with Crippen molar-refractivity contribution in [1.82, 2.24) is 14.8 Å². The van der Waals surface area contributed by atoms with Gasteiger partial charge in [-0.2, -0.15) is 23.3 Å². The summed E-state index contributed by atoms with van der Waals surface area (Å²) in [4.78, 5) is 4.01. The van der Waals surface area contributed by atoms with Gasteiger partial charge in [0.25, 0.3) is 0 Å². The molecule has 0 aromatic carbocycles. The van der Waals surface area contributed by atoms with Gasteiger partial charge in [0, 0.05) is 29.9 Å². The van der Waals surface area contributed by atoms with Gasteiger partial charge in [0.1, 0.15) is 0 Å². The van der Waals surface area contributed by atoms with Gasteiger partial charge in [0.15, 0.2) is 5.69 Å². The van der Waals surface area contributed by atoms with Gasteiger partial charge >= 0.3 is 6.18 Å². The molecule has 0 atom stereocenters. The number of methoxy groups -OCH3 is 2. The van der Waals surface area contributed by atoms with E-state index in [1.165, 1.54) is 38.1 Å². The Hall–Kier alpha value is -2.25. The van der Waals surface area contributed by atoms with Crippen molar-refractivity contribution in [3.05, 3.63) is 23.5 Å². The molecule has 2 heterocycles. The lowest BCUT2D eigenvalue weighted by atomic mass is 10.0. The molecule has 2 aromatic rings. The third kappa shape index (κ3) is 2.65. The highest BCUT2D eigenvalue weighted by Gasteiger charge is 2.39. The molecule has 0 N–H and O–H groups in total. The predicted octanol–water partition coefficient (Wildman–Crippen LogP) is 2.83. The van der Waals surface area contributed by atoms with Crippen LogP contribution in [0.1, 0.15) is 11.4 Å². The largest absolute Gasteiger partial charge is 0.481 e. The maximum atomic E-state index is 13.1. The normalized spacial score (nSPS) is 11.6. The SMILES string of the molecule is COc1ccc(-c2c(C(F)(F)F)nn(C)c2C)c(OC)n1. The molecule has 0 radical (unpaired) electrons. The maximum absolute atomic E-state index is 13.1. The number of halogens is 3. The highest BCUT2D eigenvalue weighted by atomic mass is 19.4. The number of ether oxygens (including phenoxy) is 2. The number of aromatic nitrogens is 3. The van der Waals surface area contributed by atoms with Crippen LogP contribution < -0.4 is 9.47 Å². The molecule has 0 saturated heterocycles. The molecule has 0 aliphatic carbocycles. The number of rotatable bonds is 3. The molecule has 0 fully saturated rings. The first-order chi connectivity index (χ1) is 9.79. The number of pyridine rings is 1. The van der Waals surface area contributed by atoms with E-state index in [-0.39, 0.29) is 22.9 Å². The first-order valence-electron chi connectivity index (χ1n) is 5.99. The van der Waals surface area contributed by atoms with Gasteiger partial charge in [0.05, 0.1) is 14.2 Å². The smallest absolute Gasteiger partial charge is 0.435 e. The highest BCUT2D eigenvalue weighted by Crippen LogP contribution is 2.41. The number of hydrogen-bond acceptors (Lipinski definition) is 4. The van der Waals surface area contributed by atoms with Crippen LogP contribution in [-0.4, -0.2) is 29.0 Å². The standard InChI is InChI=1S/C13H14F3N3O2/c1-7-10(11(13(14,15)16)18-19(7)2)8-5-6-9(20-3)17-12(8)21-4/h5-6H,1-4H3. The summed E-state index contributed by atoms with van der Waals surface area (Å²) in [6.45, 7) is 1.56. The predicted molar refractivity (Wildman–Crippen MR) is 69.3 cm³/mol. The quantitative estimate of drug-likeness (QED) is 0.874. The van der Waals surface area contributed by atoms with Gasteiger partial charge in [-0.05, 0) is 13.0 Å². The molecule has 2 aromatic heterocycles. The van der Waals surface area contributed by atoms with Crippen molar-refractivity contribution in [2.24, 2.45) is 7.05 Å². The lowest BCUT2D eigenvalue weighted by molar-refractivity contribution is -0.140. The Morgan fingerprint density at radius 3 is 2.33 bits per heavy atom. The second-order valence-electron chi connectivity index (χ2n) is 4.34. The summed E-state index contributed by atoms with van der Waals surface area (Å²) in [5.41, 5.74) is -0.423. The molecule has 0 spiro atoms. The molecule has 0 aliphatic rings. The lowest BCUT2D eigenvalue weighted by Crippen LogP contribution is -2.08. The van der Waals surface area contributed by atoms with Crippen molar-refractivity contribution in [2.45, 2.75) is 13.1 Å². The van der Waals surface area contributed by atoms with Crippen molar-refractivity contribution in [1.29, 1.82) is 0 Å². The second kappa shape index (κ2) is 5.27. The first-order valence-corrected chi connectivity index (χ1v) is 5.99. The van der Waals surface area contributed by atoms with E-state index in [2.05, 4.69) is 10.1 Å². The molecular weight excluding hydrogens is 287 g/mol. The number of hydrogen-bond donors (Lipinski definition) is 0. The van der Waals surface area contributed by atoms with E-state index in [1.807, 2.05) is 0 Å². The Balaban J connectivity index is 2.72. The van der Waals surface area contributed by atoms with Crippen molar-refractivity contribution < 1.29 is 22.6 Å². The van der Waals surface area contributed by atoms with Crippen molar-refractivity contribution in [2.75, 3.05) is 14.2 Å². The Morgan fingerprint density at radius 2 is 1.81 bits per heavy atom. The monoisotopic (exact) mass is 301 g/mol. The van der Waals surface area contributed by atoms with Crippen LogP contribution in [0.15, 0.2) is 12.1 Å². The minimum absolute atomic E-state index is 0.0444. The summed E-state index contributed by atoms with van der Waals surface area (Å²) < 4.78 is 50.6. The number of alkyl halides is 3. The molecule has 8 heteroatoms. The number of nitrogens with zero attached hydrogens (tertiary/aromatic N) is 3. The number of aryl methyl sites for hydroxylation is 1. The van der Waals surface area contributed by atoms with E-state index < -0.39 is 11.9 Å². The molecule has 0 amide bonds. The fraction of sp³-hybridized carbons (Fsp3) is 0.385. The van der Waals surface area contributed by atoms with Crippen LogP contribution >= 0.6 is 0 Å². The van der Waals surface area contributed by atoms with E-state index in [0.717, 1.165) is 0 Å². The molecule has 0 aliphatic heterocycles. The summed E-state index contributed by atoms with van der Waals surface area (Å²) in [6.07, 6.45) is -4.56. The average Bonchev–Trinajstić information content (AvgIpc) is 2.74. The first kappa shape index (κ1) is 15.1. The summed E-state index contributed by atoms with van der Waals surface area (Å²) in [5, 5.41) is 3.55. The van der Waals surface area contributed by atoms with Gasteiger partial charge in [-0.25, -0.2) is 0 Å². The van der Waals surface area contributed by atoms with Gasteiger partial charge < -0.3 is 9.47 Å². The summed E-state index contributed by atoms with van der Waals surface area (Å²) in [7, 11) is 4.21. The van der Waals surface area contributed by atoms with Crippen LogP contribution in [0.2, 0.25) is 0 Å². The summed E-state index contributed by atoms with van der Waals surface area (Å²) in [6, 6.07) is 2.95. The third-order valence-corrected chi connectivity index (χ3v) is 3.11. The minimum atomic E-state index is -4.56. The average molecular weight is 301 g/mol. The van der Waals surface area contributed by atoms with Crippen LogP contribution in [0.5, 0.6) is 11.8 Å². The zero-order valence-corrected chi connectivity index (χ0v) is 11.9. The Labute approximate surface area is 119 Å². The molecule has 0 saturated carbocycles. The van der Waals surface area contributed by atoms with Gasteiger partial charge in [-0.1, -0.05) is 0 Å². The van der Waals surface area contributed by atoms with Gasteiger partial charge in [0.2, 0.25) is 11.8 Å². The summed E-state index contributed by atoms with van der Waals surface area (Å²) in [5.74, 6) is 0.307. The van der Waals surface area contributed by atoms with Crippen LogP contribution in [0.3, 0.4) is 0 Å². The fourth-order valence-electron chi connectivity index (χ4n) is 2.01. The van der Waals surface area contributed by atoms with Crippen molar-refractivity contribution in [3.8, 4) is 22.9 Å². The van der Waals surface area contributed by atoms with E-state index >= 15 is 0 Å². The fourth-order valence-corrected chi connectivity index (χ4v) is 2.01. The van der Waals surface area contributed by atoms with Crippen LogP contribution in [0.25, 0.3) is 11.1 Å². The topological polar surface area (TPSA) is 49.2 Å². The molecule has 0 unspecified atom stereocenters. The van der Waals surface area contributed by atoms with Crippen LogP contribution in [0, 0.1) is 6.92 Å². The molecule has 5 nitrogen and oxygen atoms in total. The Bertz CT molecular complexity index is 665. The van der Waals surface area contributed by atoms with E-state index in [9.17, 15) is 13.2 Å². The van der Waals surface area contributed by atoms with E-state index in [4.69, 9.17) is 9.47 Å². The lowest BCUT2D eigenvalue weighted by Gasteiger charge is -2.11. The highest BCUT2D eigenvalue weighted by molar-refractivity contribution is 5.74. The molecule has 2 rings (SSSR count). The third-order valence-electron chi connectivity index (χ3n) is 3.11. The second-order valence-corrected chi connectivity index (χ2v) is 4.34. The zero-order chi connectivity index (χ0) is 15.8. The van der Waals surface area contributed by atoms with Crippen molar-refractivity contribution >= 4 is 0 Å². The van der Waals surface area contributed by atoms with Crippen LogP contribution in [0.4, 0.5) is 13.2 Å². The summed E-state index contributed by atoms with van der Waals surface area (Å²) >= 11 is 0.